The molecule has 5 aromatic carbocycles. The van der Waals surface area contributed by atoms with Gasteiger partial charge in [-0.1, -0.05) is 153 Å². The van der Waals surface area contributed by atoms with Gasteiger partial charge in [-0.25, -0.2) is 0 Å². The van der Waals surface area contributed by atoms with E-state index in [0.717, 1.165) is 0 Å². The van der Waals surface area contributed by atoms with E-state index in [1.54, 1.807) is 0 Å². The van der Waals surface area contributed by atoms with Gasteiger partial charge in [0.25, 0.3) is 0 Å². The summed E-state index contributed by atoms with van der Waals surface area (Å²) in [5, 5.41) is 0. The average Bonchev–Trinajstić information content (AvgIpc) is 3.36. The van der Waals surface area contributed by atoms with Crippen molar-refractivity contribution in [3.63, 3.8) is 0 Å². The lowest BCUT2D eigenvalue weighted by Crippen LogP contribution is -2.50. The van der Waals surface area contributed by atoms with Gasteiger partial charge in [0.15, 0.2) is 0 Å². The number of hydrogen-bond donors (Lipinski definition) is 0. The summed E-state index contributed by atoms with van der Waals surface area (Å²) in [5.74, 6) is 0. The molecule has 34 heavy (non-hydrogen) atoms. The summed E-state index contributed by atoms with van der Waals surface area (Å²) >= 11 is 0. The van der Waals surface area contributed by atoms with Crippen LogP contribution in [0.25, 0.3) is 22.3 Å². The van der Waals surface area contributed by atoms with Crippen LogP contribution in [0.4, 0.5) is 0 Å². The van der Waals surface area contributed by atoms with Crippen LogP contribution in [0.5, 0.6) is 0 Å². The lowest BCUT2D eigenvalue weighted by atomic mass is 9.37. The highest BCUT2D eigenvalue weighted by atomic mass is 14.2. The zero-order valence-electron chi connectivity index (χ0n) is 19.5. The average molecular weight is 430 g/mol. The number of fused-ring (bicyclic) bond motifs is 6. The Hall–Kier alpha value is -3.77. The van der Waals surface area contributed by atoms with Gasteiger partial charge in [0.2, 0.25) is 13.4 Å². The summed E-state index contributed by atoms with van der Waals surface area (Å²) in [7, 11) is 0. The van der Waals surface area contributed by atoms with E-state index in [4.69, 9.17) is 0 Å². The third kappa shape index (κ3) is 2.82. The zero-order valence-corrected chi connectivity index (χ0v) is 19.5. The molecule has 0 radical (unpaired) electrons. The lowest BCUT2D eigenvalue weighted by Gasteiger charge is -2.14. The molecule has 0 N–H and O–H groups in total. The maximum atomic E-state index is 2.50. The van der Waals surface area contributed by atoms with Gasteiger partial charge in [-0.2, -0.15) is 0 Å². The van der Waals surface area contributed by atoms with Gasteiger partial charge in [0, 0.05) is 0 Å². The molecule has 0 amide bonds. The molecule has 2 aliphatic rings. The summed E-state index contributed by atoms with van der Waals surface area (Å²) in [4.78, 5) is 0. The molecule has 0 saturated carbocycles. The maximum absolute atomic E-state index is 2.50. The predicted molar refractivity (Wildman–Crippen MR) is 149 cm³/mol. The van der Waals surface area contributed by atoms with Crippen molar-refractivity contribution in [3.8, 4) is 22.3 Å². The van der Waals surface area contributed by atoms with Crippen LogP contribution in [-0.4, -0.2) is 13.4 Å². The molecule has 0 bridgehead atoms. The van der Waals surface area contributed by atoms with Crippen LogP contribution in [0.2, 0.25) is 0 Å². The van der Waals surface area contributed by atoms with E-state index in [-0.39, 0.29) is 13.4 Å². The van der Waals surface area contributed by atoms with Gasteiger partial charge in [-0.3, -0.25) is 0 Å². The molecular weight excluding hydrogens is 406 g/mol. The van der Waals surface area contributed by atoms with Gasteiger partial charge in [-0.15, -0.1) is 0 Å². The molecule has 5 aromatic rings. The number of benzene rings is 5. The second kappa shape index (κ2) is 7.37. The molecule has 0 saturated heterocycles. The van der Waals surface area contributed by atoms with Gasteiger partial charge in [0.05, 0.1) is 0 Å². The van der Waals surface area contributed by atoms with E-state index in [9.17, 15) is 0 Å². The summed E-state index contributed by atoms with van der Waals surface area (Å²) < 4.78 is 0. The fourth-order valence-corrected chi connectivity index (χ4v) is 6.14. The number of rotatable bonds is 2. The Labute approximate surface area is 202 Å². The second-order valence-corrected chi connectivity index (χ2v) is 9.89. The van der Waals surface area contributed by atoms with Crippen LogP contribution in [0, 0.1) is 13.8 Å². The van der Waals surface area contributed by atoms with Crippen LogP contribution in [0.3, 0.4) is 0 Å². The van der Waals surface area contributed by atoms with E-state index < -0.39 is 0 Å². The number of hydrogen-bond acceptors (Lipinski definition) is 0. The summed E-state index contributed by atoms with van der Waals surface area (Å²) in [6.45, 7) is 4.88. The van der Waals surface area contributed by atoms with Crippen LogP contribution in [0.15, 0.2) is 109 Å². The van der Waals surface area contributed by atoms with Crippen molar-refractivity contribution in [1.82, 2.24) is 0 Å². The molecule has 0 fully saturated rings. The molecule has 2 heteroatoms. The van der Waals surface area contributed by atoms with Crippen LogP contribution >= 0.6 is 0 Å². The summed E-state index contributed by atoms with van der Waals surface area (Å²) in [5.41, 5.74) is 16.6. The first-order valence-corrected chi connectivity index (χ1v) is 12.2. The van der Waals surface area contributed by atoms with Crippen molar-refractivity contribution in [2.24, 2.45) is 0 Å². The van der Waals surface area contributed by atoms with Crippen LogP contribution < -0.4 is 32.8 Å². The Morgan fingerprint density at radius 2 is 0.765 bits per heavy atom. The lowest BCUT2D eigenvalue weighted by molar-refractivity contribution is 1.49. The normalized spacial score (nSPS) is 12.9. The Bertz CT molecular complexity index is 1440. The van der Waals surface area contributed by atoms with Crippen molar-refractivity contribution < 1.29 is 0 Å². The third-order valence-electron chi connectivity index (χ3n) is 7.79. The minimum atomic E-state index is 0.280. The van der Waals surface area contributed by atoms with Gasteiger partial charge >= 0.3 is 0 Å². The van der Waals surface area contributed by atoms with Crippen molar-refractivity contribution in [2.45, 2.75) is 13.8 Å². The third-order valence-corrected chi connectivity index (χ3v) is 7.79. The quantitative estimate of drug-likeness (QED) is 0.370. The molecule has 0 nitrogen and oxygen atoms in total. The van der Waals surface area contributed by atoms with Gasteiger partial charge < -0.3 is 0 Å². The predicted octanol–water partition coefficient (Wildman–Crippen LogP) is 3.30. The first-order valence-electron chi connectivity index (χ1n) is 12.2. The minimum absolute atomic E-state index is 0.280. The molecule has 2 heterocycles. The van der Waals surface area contributed by atoms with Gasteiger partial charge in [0.1, 0.15) is 0 Å². The van der Waals surface area contributed by atoms with Crippen molar-refractivity contribution in [2.75, 3.05) is 0 Å². The Morgan fingerprint density at radius 3 is 1.18 bits per heavy atom. The maximum Gasteiger partial charge on any atom is 0.242 e. The van der Waals surface area contributed by atoms with Crippen LogP contribution in [-0.2, 0) is 0 Å². The smallest absolute Gasteiger partial charge is 0.0686 e. The molecular formula is C32H24B2. The highest BCUT2D eigenvalue weighted by Crippen LogP contribution is 2.29. The Kier molecular flexibility index (Phi) is 4.26. The van der Waals surface area contributed by atoms with Crippen molar-refractivity contribution in [1.29, 1.82) is 0 Å². The van der Waals surface area contributed by atoms with Crippen molar-refractivity contribution in [3.05, 3.63) is 120 Å². The number of aryl methyl sites for hydroxylation is 2. The highest BCUT2D eigenvalue weighted by molar-refractivity contribution is 7.01. The highest BCUT2D eigenvalue weighted by Gasteiger charge is 2.39. The summed E-state index contributed by atoms with van der Waals surface area (Å²) in [6.07, 6.45) is 0. The van der Waals surface area contributed by atoms with Gasteiger partial charge in [-0.05, 0) is 36.1 Å². The van der Waals surface area contributed by atoms with E-state index in [2.05, 4.69) is 123 Å². The first-order chi connectivity index (χ1) is 16.7. The largest absolute Gasteiger partial charge is 0.242 e. The Balaban J connectivity index is 1.49. The minimum Gasteiger partial charge on any atom is -0.0686 e. The molecule has 0 spiro atoms. The second-order valence-electron chi connectivity index (χ2n) is 9.89. The summed E-state index contributed by atoms with van der Waals surface area (Å²) in [6, 6.07) is 41.2. The molecule has 0 unspecified atom stereocenters. The topological polar surface area (TPSA) is 0 Å². The van der Waals surface area contributed by atoms with E-state index in [0.29, 0.717) is 0 Å². The molecule has 158 valence electrons. The fraction of sp³-hybridized carbons (Fsp3) is 0.0625. The molecule has 0 aromatic heterocycles. The molecule has 7 rings (SSSR count). The Morgan fingerprint density at radius 1 is 0.382 bits per heavy atom. The SMILES string of the molecule is Cc1ccc(B2c3ccccc3-c3cc4c(cc32)-c2ccccc2B4c2ccc(C)cc2)cc1. The van der Waals surface area contributed by atoms with E-state index >= 15 is 0 Å². The van der Waals surface area contributed by atoms with E-state index in [1.165, 1.54) is 66.2 Å². The zero-order chi connectivity index (χ0) is 22.8. The first kappa shape index (κ1) is 19.7. The molecule has 0 aliphatic carbocycles. The van der Waals surface area contributed by atoms with Crippen molar-refractivity contribution >= 4 is 46.2 Å². The fourth-order valence-electron chi connectivity index (χ4n) is 6.14. The monoisotopic (exact) mass is 430 g/mol. The van der Waals surface area contributed by atoms with Crippen LogP contribution in [0.1, 0.15) is 11.1 Å². The molecule has 2 aliphatic heterocycles. The molecule has 0 atom stereocenters. The van der Waals surface area contributed by atoms with E-state index in [1.807, 2.05) is 0 Å². The standard InChI is InChI=1S/C32H24B2/c1-21-11-15-23(16-12-21)33-29-9-5-3-7-25(29)27-20-32-28(19-31(27)33)26-8-4-6-10-30(26)34(32)24-17-13-22(2)14-18-24/h3-20H,1-2H3.